The Morgan fingerprint density at radius 1 is 0.517 bits per heavy atom. The summed E-state index contributed by atoms with van der Waals surface area (Å²) in [6.45, 7) is 4.08. The first-order valence-electron chi connectivity index (χ1n) is 23.6. The van der Waals surface area contributed by atoms with Gasteiger partial charge in [-0.05, 0) is 83.5 Å². The number of allylic oxidation sites excluding steroid dienone is 12. The number of nitrogens with zero attached hydrogens (tertiary/aromatic N) is 1. The molecular weight excluding hydrogens is 774 g/mol. The molecule has 0 radical (unpaired) electrons. The number of hydrogen-bond donors (Lipinski definition) is 0. The molecule has 9 nitrogen and oxygen atoms in total. The highest BCUT2D eigenvalue weighted by atomic mass is 31.2. The van der Waals surface area contributed by atoms with Crippen LogP contribution in [0.1, 0.15) is 181 Å². The largest absolute Gasteiger partial charge is 0.756 e. The summed E-state index contributed by atoms with van der Waals surface area (Å²) in [5.74, 6) is -0.879. The molecule has 0 bridgehead atoms. The number of hydrogen-bond acceptors (Lipinski definition) is 8. The van der Waals surface area contributed by atoms with Gasteiger partial charge >= 0.3 is 11.9 Å². The van der Waals surface area contributed by atoms with E-state index in [4.69, 9.17) is 18.5 Å². The van der Waals surface area contributed by atoms with Gasteiger partial charge in [-0.15, -0.1) is 0 Å². The van der Waals surface area contributed by atoms with Crippen LogP contribution in [0.3, 0.4) is 0 Å². The van der Waals surface area contributed by atoms with E-state index in [9.17, 15) is 19.0 Å². The molecule has 0 saturated heterocycles. The fourth-order valence-electron chi connectivity index (χ4n) is 5.97. The second-order valence-electron chi connectivity index (χ2n) is 16.8. The second-order valence-corrected chi connectivity index (χ2v) is 18.2. The van der Waals surface area contributed by atoms with Gasteiger partial charge in [0, 0.05) is 12.8 Å². The van der Waals surface area contributed by atoms with Crippen molar-refractivity contribution < 1.29 is 42.1 Å². The number of esters is 2. The Labute approximate surface area is 368 Å². The molecule has 60 heavy (non-hydrogen) atoms. The third-order valence-corrected chi connectivity index (χ3v) is 10.6. The Balaban J connectivity index is 4.38. The summed E-state index contributed by atoms with van der Waals surface area (Å²) in [5.41, 5.74) is 0. The predicted molar refractivity (Wildman–Crippen MR) is 249 cm³/mol. The van der Waals surface area contributed by atoms with E-state index >= 15 is 0 Å². The molecule has 0 amide bonds. The third kappa shape index (κ3) is 45.0. The van der Waals surface area contributed by atoms with Crippen LogP contribution in [-0.4, -0.2) is 70.0 Å². The van der Waals surface area contributed by atoms with E-state index in [1.165, 1.54) is 64.2 Å². The molecule has 0 rings (SSSR count). The van der Waals surface area contributed by atoms with E-state index in [2.05, 4.69) is 86.8 Å². The molecule has 2 atom stereocenters. The molecule has 0 fully saturated rings. The van der Waals surface area contributed by atoms with Crippen molar-refractivity contribution in [2.75, 3.05) is 47.5 Å². The monoisotopic (exact) mass is 862 g/mol. The maximum Gasteiger partial charge on any atom is 0.306 e. The summed E-state index contributed by atoms with van der Waals surface area (Å²) in [5, 5.41) is 0. The lowest BCUT2D eigenvalue weighted by Crippen LogP contribution is -2.37. The number of phosphoric acid groups is 1. The predicted octanol–water partition coefficient (Wildman–Crippen LogP) is 13.2. The average molecular weight is 862 g/mol. The minimum atomic E-state index is -4.64. The van der Waals surface area contributed by atoms with E-state index in [0.29, 0.717) is 17.4 Å². The van der Waals surface area contributed by atoms with Crippen molar-refractivity contribution in [2.45, 2.75) is 187 Å². The summed E-state index contributed by atoms with van der Waals surface area (Å²) >= 11 is 0. The van der Waals surface area contributed by atoms with Gasteiger partial charge in [0.15, 0.2) is 6.10 Å². The minimum absolute atomic E-state index is 0.0414. The Morgan fingerprint density at radius 2 is 0.933 bits per heavy atom. The number of quaternary nitrogens is 1. The highest BCUT2D eigenvalue weighted by Crippen LogP contribution is 2.38. The maximum absolute atomic E-state index is 12.7. The van der Waals surface area contributed by atoms with Gasteiger partial charge in [-0.1, -0.05) is 157 Å². The van der Waals surface area contributed by atoms with Crippen molar-refractivity contribution in [3.63, 3.8) is 0 Å². The Hall–Kier alpha value is -2.55. The molecule has 0 aliphatic rings. The molecule has 0 N–H and O–H groups in total. The van der Waals surface area contributed by atoms with Crippen LogP contribution >= 0.6 is 7.82 Å². The Morgan fingerprint density at radius 3 is 1.42 bits per heavy atom. The summed E-state index contributed by atoms with van der Waals surface area (Å²) in [6, 6.07) is 0. The van der Waals surface area contributed by atoms with Crippen molar-refractivity contribution in [3.05, 3.63) is 72.9 Å². The molecule has 346 valence electrons. The number of phosphoric ester groups is 1. The van der Waals surface area contributed by atoms with Crippen molar-refractivity contribution in [1.82, 2.24) is 0 Å². The first-order chi connectivity index (χ1) is 29.0. The summed E-state index contributed by atoms with van der Waals surface area (Å²) < 4.78 is 33.9. The van der Waals surface area contributed by atoms with Crippen molar-refractivity contribution in [1.29, 1.82) is 0 Å². The van der Waals surface area contributed by atoms with Crippen LogP contribution in [0.25, 0.3) is 0 Å². The van der Waals surface area contributed by atoms with Gasteiger partial charge in [0.05, 0.1) is 27.7 Å². The maximum atomic E-state index is 12.7. The molecule has 0 aliphatic carbocycles. The zero-order valence-electron chi connectivity index (χ0n) is 38.9. The number of carbonyl (C=O) groups excluding carboxylic acids is 2. The van der Waals surface area contributed by atoms with Gasteiger partial charge in [-0.2, -0.15) is 0 Å². The van der Waals surface area contributed by atoms with Crippen molar-refractivity contribution in [2.24, 2.45) is 0 Å². The van der Waals surface area contributed by atoms with Gasteiger partial charge in [0.25, 0.3) is 7.82 Å². The van der Waals surface area contributed by atoms with Gasteiger partial charge in [0.1, 0.15) is 19.8 Å². The lowest BCUT2D eigenvalue weighted by atomic mass is 10.1. The van der Waals surface area contributed by atoms with Gasteiger partial charge in [-0.25, -0.2) is 0 Å². The Kier molecular flexibility index (Phi) is 40.0. The van der Waals surface area contributed by atoms with Crippen LogP contribution in [0.2, 0.25) is 0 Å². The highest BCUT2D eigenvalue weighted by molar-refractivity contribution is 7.45. The summed E-state index contributed by atoms with van der Waals surface area (Å²) in [4.78, 5) is 37.6. The normalized spacial score (nSPS) is 14.2. The lowest BCUT2D eigenvalue weighted by Gasteiger charge is -2.28. The Bertz CT molecular complexity index is 1250. The van der Waals surface area contributed by atoms with Crippen molar-refractivity contribution >= 4 is 19.8 Å². The number of carbonyl (C=O) groups is 2. The van der Waals surface area contributed by atoms with E-state index in [1.54, 1.807) is 0 Å². The summed E-state index contributed by atoms with van der Waals surface area (Å²) in [6.07, 6.45) is 52.1. The van der Waals surface area contributed by atoms with E-state index in [0.717, 1.165) is 83.5 Å². The van der Waals surface area contributed by atoms with E-state index in [1.807, 2.05) is 21.1 Å². The number of rotatable bonds is 42. The second kappa shape index (κ2) is 41.8. The number of ether oxygens (including phenoxy) is 2. The smallest absolute Gasteiger partial charge is 0.306 e. The first-order valence-corrected chi connectivity index (χ1v) is 25.1. The molecule has 1 unspecified atom stereocenters. The first kappa shape index (κ1) is 57.4. The molecule has 0 saturated carbocycles. The third-order valence-electron chi connectivity index (χ3n) is 9.68. The van der Waals surface area contributed by atoms with E-state index < -0.39 is 32.5 Å². The zero-order chi connectivity index (χ0) is 44.3. The van der Waals surface area contributed by atoms with Crippen LogP contribution in [0.15, 0.2) is 72.9 Å². The van der Waals surface area contributed by atoms with Crippen LogP contribution < -0.4 is 4.89 Å². The molecule has 0 aromatic carbocycles. The number of likely N-dealkylation sites (N-methyl/N-ethyl adjacent to an activating group) is 1. The van der Waals surface area contributed by atoms with Crippen LogP contribution in [-0.2, 0) is 32.7 Å². The molecule has 10 heteroatoms. The van der Waals surface area contributed by atoms with Crippen LogP contribution in [0, 0.1) is 0 Å². The fourth-order valence-corrected chi connectivity index (χ4v) is 6.70. The van der Waals surface area contributed by atoms with Gasteiger partial charge < -0.3 is 27.9 Å². The fraction of sp³-hybridized carbons (Fsp3) is 0.720. The molecular formula is C50H88NO8P. The highest BCUT2D eigenvalue weighted by Gasteiger charge is 2.21. The minimum Gasteiger partial charge on any atom is -0.756 e. The van der Waals surface area contributed by atoms with Crippen LogP contribution in [0.5, 0.6) is 0 Å². The SMILES string of the molecule is CCC/C=C/C/C=C/C/C=C/C/C=C/CCCCCC(=O)O[C@H](COC(=O)CCCCCCCCCCC/C=C/C/C=C/CCCCC)COP(=O)([O-])OCC[N+](C)(C)C. The topological polar surface area (TPSA) is 111 Å². The molecule has 0 heterocycles. The standard InChI is InChI=1S/C50H88NO8P/c1-6-8-10-12-14-16-18-20-22-24-25-27-28-30-32-34-36-38-40-42-49(52)56-46-48(47-58-60(54,55)57-45-44-51(3,4)5)59-50(53)43-41-39-37-35-33-31-29-26-23-21-19-17-15-13-11-9-7-2/h11,13-14,16-17,19-20,22-23,26,31,33,48H,6-10,12,15,18,21,24-25,27-30,32,34-47H2,1-5H3/b13-11+,16-14+,19-17+,22-20+,26-23+,33-31+/t48-/m1/s1. The number of unbranched alkanes of at least 4 members (excludes halogenated alkanes) is 16. The molecule has 0 aromatic rings. The van der Waals surface area contributed by atoms with Gasteiger partial charge in [-0.3, -0.25) is 14.2 Å². The van der Waals surface area contributed by atoms with Crippen molar-refractivity contribution in [3.8, 4) is 0 Å². The zero-order valence-corrected chi connectivity index (χ0v) is 39.8. The summed E-state index contributed by atoms with van der Waals surface area (Å²) in [7, 11) is 1.13. The van der Waals surface area contributed by atoms with Crippen LogP contribution in [0.4, 0.5) is 0 Å². The lowest BCUT2D eigenvalue weighted by molar-refractivity contribution is -0.870. The molecule has 0 aliphatic heterocycles. The van der Waals surface area contributed by atoms with E-state index in [-0.39, 0.29) is 26.1 Å². The molecule has 0 aromatic heterocycles. The van der Waals surface area contributed by atoms with Gasteiger partial charge in [0.2, 0.25) is 0 Å². The average Bonchev–Trinajstić information content (AvgIpc) is 3.20. The molecule has 0 spiro atoms. The quantitative estimate of drug-likeness (QED) is 0.0196.